The second-order valence-electron chi connectivity index (χ2n) is 3.68. The first-order valence-electron chi connectivity index (χ1n) is 4.01. The third-order valence-electron chi connectivity index (χ3n) is 3.19. The maximum Gasteiger partial charge on any atom is 0.310 e. The zero-order valence-corrected chi connectivity index (χ0v) is 5.95. The maximum absolute atomic E-state index is 11.3. The average molecular weight is 152 g/mol. The highest BCUT2D eigenvalue weighted by Gasteiger charge is 2.61. The maximum atomic E-state index is 11.3. The van der Waals surface area contributed by atoms with Gasteiger partial charge in [0.05, 0.1) is 11.8 Å². The van der Waals surface area contributed by atoms with Gasteiger partial charge in [-0.25, -0.2) is 0 Å². The Kier molecular flexibility index (Phi) is 0.780. The molecule has 0 unspecified atom stereocenters. The predicted octanol–water partition coefficient (Wildman–Crippen LogP) is 0.137. The number of ether oxygens (including phenoxy) is 1. The van der Waals surface area contributed by atoms with E-state index >= 15 is 0 Å². The fourth-order valence-corrected chi connectivity index (χ4v) is 2.72. The fourth-order valence-electron chi connectivity index (χ4n) is 2.72. The summed E-state index contributed by atoms with van der Waals surface area (Å²) in [5.74, 6) is 0.194. The lowest BCUT2D eigenvalue weighted by Gasteiger charge is -2.09. The van der Waals surface area contributed by atoms with E-state index < -0.39 is 0 Å². The lowest BCUT2D eigenvalue weighted by atomic mass is 9.90. The number of ketones is 1. The monoisotopic (exact) mass is 152 g/mol. The molecule has 0 aromatic carbocycles. The van der Waals surface area contributed by atoms with E-state index in [0.29, 0.717) is 0 Å². The molecule has 4 atom stereocenters. The summed E-state index contributed by atoms with van der Waals surface area (Å²) in [5, 5.41) is 0. The van der Waals surface area contributed by atoms with Crippen LogP contribution in [0.15, 0.2) is 0 Å². The Labute approximate surface area is 63.7 Å². The smallest absolute Gasteiger partial charge is 0.310 e. The third-order valence-corrected chi connectivity index (χ3v) is 3.19. The van der Waals surface area contributed by atoms with Crippen LogP contribution < -0.4 is 0 Å². The van der Waals surface area contributed by atoms with Crippen LogP contribution in [0.1, 0.15) is 12.8 Å². The molecule has 11 heavy (non-hydrogen) atoms. The summed E-state index contributed by atoms with van der Waals surface area (Å²) >= 11 is 0. The van der Waals surface area contributed by atoms with Crippen LogP contribution in [0.4, 0.5) is 0 Å². The number of carbonyl (C=O) groups excluding carboxylic acids is 2. The molecule has 0 radical (unpaired) electrons. The van der Waals surface area contributed by atoms with Gasteiger partial charge >= 0.3 is 5.97 Å². The van der Waals surface area contributed by atoms with Crippen molar-refractivity contribution in [1.82, 2.24) is 0 Å². The number of fused-ring (bicyclic) bond motifs is 1. The van der Waals surface area contributed by atoms with Crippen molar-refractivity contribution < 1.29 is 14.3 Å². The van der Waals surface area contributed by atoms with Crippen molar-refractivity contribution in [2.75, 3.05) is 0 Å². The van der Waals surface area contributed by atoms with Crippen LogP contribution >= 0.6 is 0 Å². The molecular weight excluding hydrogens is 144 g/mol. The quantitative estimate of drug-likeness (QED) is 0.463. The Morgan fingerprint density at radius 2 is 2.09 bits per heavy atom. The van der Waals surface area contributed by atoms with E-state index in [1.54, 1.807) is 0 Å². The van der Waals surface area contributed by atoms with Crippen LogP contribution in [-0.2, 0) is 14.3 Å². The minimum Gasteiger partial charge on any atom is -0.461 e. The molecule has 1 saturated heterocycles. The molecule has 3 nitrogen and oxygen atoms in total. The Balaban J connectivity index is 2.11. The van der Waals surface area contributed by atoms with Crippen molar-refractivity contribution in [2.24, 2.45) is 17.8 Å². The minimum atomic E-state index is -0.131. The summed E-state index contributed by atoms with van der Waals surface area (Å²) in [6.07, 6.45) is 1.52. The Morgan fingerprint density at radius 3 is 2.64 bits per heavy atom. The molecule has 0 N–H and O–H groups in total. The molecule has 0 amide bonds. The number of hydrogen-bond donors (Lipinski definition) is 0. The first-order valence-corrected chi connectivity index (χ1v) is 4.01. The van der Waals surface area contributed by atoms with E-state index in [2.05, 4.69) is 0 Å². The molecule has 0 aromatic heterocycles. The van der Waals surface area contributed by atoms with E-state index in [1.807, 2.05) is 0 Å². The van der Waals surface area contributed by atoms with Gasteiger partial charge in [-0.15, -0.1) is 0 Å². The lowest BCUT2D eigenvalue weighted by molar-refractivity contribution is -0.143. The van der Waals surface area contributed by atoms with Crippen LogP contribution in [0.2, 0.25) is 0 Å². The van der Waals surface area contributed by atoms with Gasteiger partial charge in [0.15, 0.2) is 0 Å². The molecular formula is C8H8O3. The van der Waals surface area contributed by atoms with E-state index in [9.17, 15) is 9.59 Å². The standard InChI is InChI=1S/C8H8O3/c9-7-3-1-4-6(7)5(2-3)11-8(4)10/h3-6H,1-2H2/t3-,4-,5+,6+/m1/s1. The summed E-state index contributed by atoms with van der Waals surface area (Å²) in [7, 11) is 0. The van der Waals surface area contributed by atoms with Crippen LogP contribution in [0.25, 0.3) is 0 Å². The van der Waals surface area contributed by atoms with Crippen LogP contribution in [0.5, 0.6) is 0 Å². The van der Waals surface area contributed by atoms with Gasteiger partial charge < -0.3 is 4.74 Å². The minimum absolute atomic E-state index is 0.0428. The predicted molar refractivity (Wildman–Crippen MR) is 34.6 cm³/mol. The highest BCUT2D eigenvalue weighted by molar-refractivity contribution is 5.96. The second kappa shape index (κ2) is 1.49. The van der Waals surface area contributed by atoms with Crippen LogP contribution in [-0.4, -0.2) is 17.9 Å². The topological polar surface area (TPSA) is 43.4 Å². The Bertz CT molecular complexity index is 258. The normalized spacial score (nSPS) is 52.0. The van der Waals surface area contributed by atoms with E-state index in [0.717, 1.165) is 12.8 Å². The van der Waals surface area contributed by atoms with Crippen LogP contribution in [0, 0.1) is 17.8 Å². The van der Waals surface area contributed by atoms with Gasteiger partial charge in [0, 0.05) is 5.92 Å². The SMILES string of the molecule is O=C1[C@H]2C[C@@H]3OC(=O)[C@H](C2)[C@H]13. The molecule has 2 aliphatic carbocycles. The Hall–Kier alpha value is -0.860. The van der Waals surface area contributed by atoms with Crippen molar-refractivity contribution in [3.8, 4) is 0 Å². The zero-order valence-electron chi connectivity index (χ0n) is 5.95. The van der Waals surface area contributed by atoms with Gasteiger partial charge in [0.25, 0.3) is 0 Å². The molecule has 3 heteroatoms. The Morgan fingerprint density at radius 1 is 1.27 bits per heavy atom. The number of carbonyl (C=O) groups is 2. The van der Waals surface area contributed by atoms with E-state index in [-0.39, 0.29) is 35.6 Å². The first kappa shape index (κ1) is 5.75. The van der Waals surface area contributed by atoms with Gasteiger partial charge in [-0.2, -0.15) is 0 Å². The van der Waals surface area contributed by atoms with Crippen molar-refractivity contribution in [1.29, 1.82) is 0 Å². The molecule has 3 aliphatic rings. The number of esters is 1. The van der Waals surface area contributed by atoms with Gasteiger partial charge in [-0.1, -0.05) is 0 Å². The largest absolute Gasteiger partial charge is 0.461 e. The van der Waals surface area contributed by atoms with Crippen molar-refractivity contribution in [2.45, 2.75) is 18.9 Å². The van der Waals surface area contributed by atoms with Crippen molar-refractivity contribution in [3.05, 3.63) is 0 Å². The highest BCUT2D eigenvalue weighted by Crippen LogP contribution is 2.51. The summed E-state index contributed by atoms with van der Waals surface area (Å²) in [6, 6.07) is 0. The third kappa shape index (κ3) is 0.481. The molecule has 58 valence electrons. The number of Topliss-reactive ketones (excluding diaryl/α,β-unsaturated/α-hetero) is 1. The van der Waals surface area contributed by atoms with Gasteiger partial charge in [0.2, 0.25) is 0 Å². The molecule has 3 fully saturated rings. The summed E-state index contributed by atoms with van der Waals surface area (Å²) < 4.78 is 5.05. The van der Waals surface area contributed by atoms with Gasteiger partial charge in [-0.05, 0) is 12.8 Å². The molecule has 0 spiro atoms. The van der Waals surface area contributed by atoms with Crippen LogP contribution in [0.3, 0.4) is 0 Å². The molecule has 0 aromatic rings. The number of hydrogen-bond acceptors (Lipinski definition) is 3. The van der Waals surface area contributed by atoms with Gasteiger partial charge in [0.1, 0.15) is 11.9 Å². The van der Waals surface area contributed by atoms with Crippen molar-refractivity contribution in [3.63, 3.8) is 0 Å². The zero-order chi connectivity index (χ0) is 7.59. The molecule has 2 saturated carbocycles. The first-order chi connectivity index (χ1) is 5.27. The van der Waals surface area contributed by atoms with Crippen molar-refractivity contribution >= 4 is 11.8 Å². The fraction of sp³-hybridized carbons (Fsp3) is 0.750. The molecule has 3 rings (SSSR count). The summed E-state index contributed by atoms with van der Waals surface area (Å²) in [6.45, 7) is 0. The van der Waals surface area contributed by atoms with E-state index in [4.69, 9.17) is 4.74 Å². The molecule has 1 aliphatic heterocycles. The number of rotatable bonds is 0. The summed E-state index contributed by atoms with van der Waals surface area (Å²) in [5.41, 5.74) is 0. The summed E-state index contributed by atoms with van der Waals surface area (Å²) in [4.78, 5) is 22.4. The second-order valence-corrected chi connectivity index (χ2v) is 3.68. The molecule has 2 bridgehead atoms. The van der Waals surface area contributed by atoms with E-state index in [1.165, 1.54) is 0 Å². The average Bonchev–Trinajstić information content (AvgIpc) is 2.47. The lowest BCUT2D eigenvalue weighted by Crippen LogP contribution is -2.17. The van der Waals surface area contributed by atoms with Gasteiger partial charge in [-0.3, -0.25) is 9.59 Å². The highest BCUT2D eigenvalue weighted by atomic mass is 16.6. The molecule has 1 heterocycles.